The first-order chi connectivity index (χ1) is 7.69. The zero-order valence-corrected chi connectivity index (χ0v) is 8.48. The molecule has 2 nitrogen and oxygen atoms in total. The van der Waals surface area contributed by atoms with Crippen LogP contribution in [0.25, 0.3) is 0 Å². The highest BCUT2D eigenvalue weighted by atomic mass is 19.3. The molecule has 0 aliphatic rings. The zero-order valence-electron chi connectivity index (χ0n) is 8.48. The quantitative estimate of drug-likeness (QED) is 0.665. The minimum atomic E-state index is -4.13. The molecule has 0 aliphatic carbocycles. The number of alkyl halides is 2. The predicted octanol–water partition coefficient (Wildman–Crippen LogP) is 2.92. The SMILES string of the molecule is CC(C(=O)O)C(F)(F)c1ccc(F)c(F)c1F. The smallest absolute Gasteiger partial charge is 0.312 e. The second-order valence-electron chi connectivity index (χ2n) is 3.41. The van der Waals surface area contributed by atoms with Crippen LogP contribution in [0.3, 0.4) is 0 Å². The van der Waals surface area contributed by atoms with E-state index in [0.717, 1.165) is 0 Å². The Bertz CT molecular complexity index is 458. The molecule has 0 radical (unpaired) electrons. The molecule has 0 bridgehead atoms. The second-order valence-corrected chi connectivity index (χ2v) is 3.41. The van der Waals surface area contributed by atoms with Crippen molar-refractivity contribution < 1.29 is 31.9 Å². The fraction of sp³-hybridized carbons (Fsp3) is 0.300. The van der Waals surface area contributed by atoms with Crippen LogP contribution < -0.4 is 0 Å². The second kappa shape index (κ2) is 4.31. The largest absolute Gasteiger partial charge is 0.481 e. The third kappa shape index (κ3) is 2.22. The van der Waals surface area contributed by atoms with Gasteiger partial charge in [-0.25, -0.2) is 22.0 Å². The molecule has 1 aromatic rings. The third-order valence-corrected chi connectivity index (χ3v) is 2.31. The summed E-state index contributed by atoms with van der Waals surface area (Å²) >= 11 is 0. The minimum absolute atomic E-state index is 0.316. The maximum atomic E-state index is 13.5. The van der Waals surface area contributed by atoms with Gasteiger partial charge in [-0.3, -0.25) is 4.79 Å². The zero-order chi connectivity index (χ0) is 13.4. The molecule has 0 fully saturated rings. The van der Waals surface area contributed by atoms with Gasteiger partial charge in [0.2, 0.25) is 0 Å². The standard InChI is InChI=1S/C10H7F5O2/c1-4(9(16)17)10(14,15)5-2-3-6(11)8(13)7(5)12/h2-4H,1H3,(H,16,17). The van der Waals surface area contributed by atoms with Crippen molar-refractivity contribution in [3.8, 4) is 0 Å². The van der Waals surface area contributed by atoms with Crippen molar-refractivity contribution in [2.24, 2.45) is 5.92 Å². The van der Waals surface area contributed by atoms with Gasteiger partial charge in [-0.15, -0.1) is 0 Å². The number of aliphatic carboxylic acids is 1. The van der Waals surface area contributed by atoms with Crippen molar-refractivity contribution in [1.29, 1.82) is 0 Å². The van der Waals surface area contributed by atoms with E-state index in [2.05, 4.69) is 0 Å². The summed E-state index contributed by atoms with van der Waals surface area (Å²) in [5, 5.41) is 8.42. The lowest BCUT2D eigenvalue weighted by molar-refractivity contribution is -0.157. The van der Waals surface area contributed by atoms with Gasteiger partial charge in [-0.2, -0.15) is 0 Å². The maximum Gasteiger partial charge on any atom is 0.312 e. The Balaban J connectivity index is 3.34. The molecule has 17 heavy (non-hydrogen) atoms. The summed E-state index contributed by atoms with van der Waals surface area (Å²) in [5.41, 5.74) is -1.48. The lowest BCUT2D eigenvalue weighted by Gasteiger charge is -2.21. The van der Waals surface area contributed by atoms with E-state index in [1.54, 1.807) is 0 Å². The summed E-state index contributed by atoms with van der Waals surface area (Å²) < 4.78 is 65.3. The summed E-state index contributed by atoms with van der Waals surface area (Å²) in [4.78, 5) is 10.4. The molecule has 0 amide bonds. The highest BCUT2D eigenvalue weighted by Gasteiger charge is 2.45. The van der Waals surface area contributed by atoms with Gasteiger partial charge in [0.25, 0.3) is 5.92 Å². The Hall–Kier alpha value is -1.66. The highest BCUT2D eigenvalue weighted by Crippen LogP contribution is 2.38. The average molecular weight is 254 g/mol. The molecule has 0 aliphatic heterocycles. The fourth-order valence-corrected chi connectivity index (χ4v) is 1.17. The normalized spacial score (nSPS) is 13.5. The molecule has 1 N–H and O–H groups in total. The van der Waals surface area contributed by atoms with Gasteiger partial charge in [0.15, 0.2) is 17.5 Å². The predicted molar refractivity (Wildman–Crippen MR) is 47.0 cm³/mol. The van der Waals surface area contributed by atoms with E-state index >= 15 is 0 Å². The first-order valence-corrected chi connectivity index (χ1v) is 4.44. The summed E-state index contributed by atoms with van der Waals surface area (Å²) in [6, 6.07) is 0.642. The van der Waals surface area contributed by atoms with Gasteiger partial charge >= 0.3 is 5.97 Å². The molecular formula is C10H7F5O2. The number of hydrogen-bond donors (Lipinski definition) is 1. The van der Waals surface area contributed by atoms with Crippen molar-refractivity contribution in [3.63, 3.8) is 0 Å². The maximum absolute atomic E-state index is 13.5. The molecule has 0 saturated heterocycles. The molecule has 94 valence electrons. The number of halogens is 5. The van der Waals surface area contributed by atoms with Gasteiger partial charge in [-0.05, 0) is 19.1 Å². The fourth-order valence-electron chi connectivity index (χ4n) is 1.17. The number of benzene rings is 1. The Morgan fingerprint density at radius 2 is 1.76 bits per heavy atom. The average Bonchev–Trinajstić information content (AvgIpc) is 2.24. The van der Waals surface area contributed by atoms with E-state index in [-0.39, 0.29) is 0 Å². The van der Waals surface area contributed by atoms with E-state index < -0.39 is 40.8 Å². The van der Waals surface area contributed by atoms with E-state index in [1.165, 1.54) is 0 Å². The minimum Gasteiger partial charge on any atom is -0.481 e. The molecule has 7 heteroatoms. The molecule has 1 rings (SSSR count). The van der Waals surface area contributed by atoms with Crippen LogP contribution in [0.2, 0.25) is 0 Å². The lowest BCUT2D eigenvalue weighted by atomic mass is 9.95. The van der Waals surface area contributed by atoms with Crippen LogP contribution in [0.4, 0.5) is 22.0 Å². The van der Waals surface area contributed by atoms with Gasteiger partial charge in [0.05, 0.1) is 5.56 Å². The number of carboxylic acid groups (broad SMARTS) is 1. The number of rotatable bonds is 3. The lowest BCUT2D eigenvalue weighted by Crippen LogP contribution is -2.31. The van der Waals surface area contributed by atoms with Crippen LogP contribution in [-0.2, 0) is 10.7 Å². The van der Waals surface area contributed by atoms with Crippen LogP contribution in [-0.4, -0.2) is 11.1 Å². The number of carbonyl (C=O) groups is 1. The van der Waals surface area contributed by atoms with Crippen molar-refractivity contribution in [1.82, 2.24) is 0 Å². The van der Waals surface area contributed by atoms with Crippen LogP contribution in [0.15, 0.2) is 12.1 Å². The van der Waals surface area contributed by atoms with E-state index in [4.69, 9.17) is 5.11 Å². The van der Waals surface area contributed by atoms with Gasteiger partial charge in [-0.1, -0.05) is 0 Å². The Morgan fingerprint density at radius 1 is 1.24 bits per heavy atom. The molecule has 0 aromatic heterocycles. The molecule has 1 atom stereocenters. The summed E-state index contributed by atoms with van der Waals surface area (Å²) in [7, 11) is 0. The topological polar surface area (TPSA) is 37.3 Å². The molecule has 0 spiro atoms. The van der Waals surface area contributed by atoms with E-state index in [1.807, 2.05) is 0 Å². The molecule has 0 saturated carbocycles. The molecular weight excluding hydrogens is 247 g/mol. The molecule has 1 unspecified atom stereocenters. The molecule has 1 aromatic carbocycles. The Kier molecular flexibility index (Phi) is 3.40. The van der Waals surface area contributed by atoms with E-state index in [9.17, 15) is 26.7 Å². The first kappa shape index (κ1) is 13.4. The highest BCUT2D eigenvalue weighted by molar-refractivity contribution is 5.71. The Labute approximate surface area is 92.7 Å². The number of carboxylic acids is 1. The van der Waals surface area contributed by atoms with Crippen LogP contribution in [0.5, 0.6) is 0 Å². The van der Waals surface area contributed by atoms with Crippen molar-refractivity contribution >= 4 is 5.97 Å². The van der Waals surface area contributed by atoms with Gasteiger partial charge in [0, 0.05) is 0 Å². The monoisotopic (exact) mass is 254 g/mol. The summed E-state index contributed by atoms with van der Waals surface area (Å²) in [5.74, 6) is -14.0. The summed E-state index contributed by atoms with van der Waals surface area (Å²) in [6.07, 6.45) is 0. The number of hydrogen-bond acceptors (Lipinski definition) is 1. The first-order valence-electron chi connectivity index (χ1n) is 4.44. The van der Waals surface area contributed by atoms with Crippen molar-refractivity contribution in [2.45, 2.75) is 12.8 Å². The summed E-state index contributed by atoms with van der Waals surface area (Å²) in [6.45, 7) is 0.642. The van der Waals surface area contributed by atoms with Crippen LogP contribution in [0.1, 0.15) is 12.5 Å². The van der Waals surface area contributed by atoms with Gasteiger partial charge in [0.1, 0.15) is 5.92 Å². The van der Waals surface area contributed by atoms with Crippen LogP contribution >= 0.6 is 0 Å². The van der Waals surface area contributed by atoms with Crippen molar-refractivity contribution in [2.75, 3.05) is 0 Å². The molecule has 0 heterocycles. The van der Waals surface area contributed by atoms with Crippen LogP contribution in [0, 0.1) is 23.4 Å². The Morgan fingerprint density at radius 3 is 2.24 bits per heavy atom. The van der Waals surface area contributed by atoms with E-state index in [0.29, 0.717) is 19.1 Å². The third-order valence-electron chi connectivity index (χ3n) is 2.31. The van der Waals surface area contributed by atoms with Crippen molar-refractivity contribution in [3.05, 3.63) is 35.1 Å². The van der Waals surface area contributed by atoms with Gasteiger partial charge < -0.3 is 5.11 Å².